The first-order valence-corrected chi connectivity index (χ1v) is 9.00. The molecule has 2 aliphatic rings. The molecule has 1 aliphatic heterocycles. The third-order valence-electron chi connectivity index (χ3n) is 4.31. The number of aliphatic hydroxyl groups is 1. The maximum Gasteiger partial charge on any atom is 0.412 e. The standard InChI is InChI=1S/C19H28N2O5/c1-5-6-7-26-17-14-9-16(23)15(22)8-13(14)11-21(10-12(2)3)18(17)20(4)19(24)25/h9,11-12,16,23H,5-8,10H2,1-4H3,(H,24,25). The van der Waals surface area contributed by atoms with Gasteiger partial charge in [0.25, 0.3) is 0 Å². The molecule has 7 nitrogen and oxygen atoms in total. The summed E-state index contributed by atoms with van der Waals surface area (Å²) < 4.78 is 5.97. The Labute approximate surface area is 154 Å². The Morgan fingerprint density at radius 2 is 2.15 bits per heavy atom. The van der Waals surface area contributed by atoms with Crippen LogP contribution in [0.1, 0.15) is 40.0 Å². The molecule has 7 heteroatoms. The molecule has 1 aliphatic carbocycles. The van der Waals surface area contributed by atoms with E-state index in [9.17, 15) is 19.8 Å². The first kappa shape index (κ1) is 20.0. The summed E-state index contributed by atoms with van der Waals surface area (Å²) in [5, 5.41) is 19.5. The number of hydrogen-bond acceptors (Lipinski definition) is 5. The van der Waals surface area contributed by atoms with Gasteiger partial charge in [0.05, 0.1) is 6.61 Å². The average Bonchev–Trinajstić information content (AvgIpc) is 2.55. The highest BCUT2D eigenvalue weighted by atomic mass is 16.5. The zero-order chi connectivity index (χ0) is 19.4. The minimum Gasteiger partial charge on any atom is -0.489 e. The van der Waals surface area contributed by atoms with Crippen molar-refractivity contribution in [2.24, 2.45) is 5.92 Å². The fourth-order valence-electron chi connectivity index (χ4n) is 3.01. The number of aliphatic hydroxyl groups excluding tert-OH is 1. The highest BCUT2D eigenvalue weighted by Gasteiger charge is 2.35. The molecule has 26 heavy (non-hydrogen) atoms. The van der Waals surface area contributed by atoms with Gasteiger partial charge in [-0.05, 0) is 24.0 Å². The van der Waals surface area contributed by atoms with Crippen LogP contribution in [0.5, 0.6) is 0 Å². The third-order valence-corrected chi connectivity index (χ3v) is 4.31. The summed E-state index contributed by atoms with van der Waals surface area (Å²) in [6.07, 6.45) is 2.84. The number of allylic oxidation sites excluding steroid dienone is 1. The van der Waals surface area contributed by atoms with E-state index in [0.29, 0.717) is 30.3 Å². The van der Waals surface area contributed by atoms with E-state index < -0.39 is 12.2 Å². The van der Waals surface area contributed by atoms with Crippen LogP contribution in [0.25, 0.3) is 0 Å². The molecule has 0 saturated carbocycles. The number of Topliss-reactive ketones (excluding diaryl/α,β-unsaturated/α-hetero) is 1. The highest BCUT2D eigenvalue weighted by molar-refractivity contribution is 5.90. The van der Waals surface area contributed by atoms with Gasteiger partial charge >= 0.3 is 6.09 Å². The van der Waals surface area contributed by atoms with Crippen molar-refractivity contribution in [3.8, 4) is 0 Å². The number of nitrogens with zero attached hydrogens (tertiary/aromatic N) is 2. The van der Waals surface area contributed by atoms with Crippen LogP contribution in [0.4, 0.5) is 4.79 Å². The number of ether oxygens (including phenoxy) is 1. The topological polar surface area (TPSA) is 90.3 Å². The van der Waals surface area contributed by atoms with Crippen molar-refractivity contribution in [1.82, 2.24) is 9.80 Å². The quantitative estimate of drug-likeness (QED) is 0.675. The van der Waals surface area contributed by atoms with E-state index in [1.54, 1.807) is 6.20 Å². The minimum absolute atomic E-state index is 0.103. The molecular formula is C19H28N2O5. The molecule has 0 spiro atoms. The van der Waals surface area contributed by atoms with Crippen molar-refractivity contribution in [2.75, 3.05) is 20.2 Å². The van der Waals surface area contributed by atoms with Crippen LogP contribution in [0.15, 0.2) is 35.0 Å². The fraction of sp³-hybridized carbons (Fsp3) is 0.579. The summed E-state index contributed by atoms with van der Waals surface area (Å²) in [6.45, 7) is 7.14. The van der Waals surface area contributed by atoms with Crippen LogP contribution in [0.3, 0.4) is 0 Å². The van der Waals surface area contributed by atoms with Gasteiger partial charge in [0.1, 0.15) is 6.10 Å². The Bertz CT molecular complexity index is 663. The number of ketones is 1. The van der Waals surface area contributed by atoms with Crippen LogP contribution in [0.2, 0.25) is 0 Å². The van der Waals surface area contributed by atoms with Gasteiger partial charge in [-0.2, -0.15) is 0 Å². The lowest BCUT2D eigenvalue weighted by Crippen LogP contribution is -2.40. The second-order valence-electron chi connectivity index (χ2n) is 7.07. The van der Waals surface area contributed by atoms with E-state index in [1.807, 2.05) is 25.7 Å². The molecule has 0 aromatic rings. The lowest BCUT2D eigenvalue weighted by Gasteiger charge is -2.38. The van der Waals surface area contributed by atoms with Crippen LogP contribution >= 0.6 is 0 Å². The molecule has 1 heterocycles. The zero-order valence-electron chi connectivity index (χ0n) is 15.9. The second-order valence-corrected chi connectivity index (χ2v) is 7.07. The molecule has 1 amide bonds. The molecule has 0 aromatic carbocycles. The third kappa shape index (κ3) is 4.27. The number of amides is 1. The van der Waals surface area contributed by atoms with Gasteiger partial charge in [-0.25, -0.2) is 4.79 Å². The van der Waals surface area contributed by atoms with Gasteiger partial charge in [0.15, 0.2) is 17.4 Å². The molecule has 1 atom stereocenters. The Kier molecular flexibility index (Phi) is 6.47. The summed E-state index contributed by atoms with van der Waals surface area (Å²) in [5.41, 5.74) is 1.35. The highest BCUT2D eigenvalue weighted by Crippen LogP contribution is 2.37. The van der Waals surface area contributed by atoms with Crippen LogP contribution in [0, 0.1) is 5.92 Å². The molecule has 0 radical (unpaired) electrons. The fourth-order valence-corrected chi connectivity index (χ4v) is 3.01. The van der Waals surface area contributed by atoms with Crippen LogP contribution < -0.4 is 0 Å². The molecular weight excluding hydrogens is 336 g/mol. The lowest BCUT2D eigenvalue weighted by molar-refractivity contribution is -0.124. The maximum atomic E-state index is 12.0. The molecule has 0 saturated heterocycles. The van der Waals surface area contributed by atoms with Crippen molar-refractivity contribution in [3.05, 3.63) is 35.0 Å². The van der Waals surface area contributed by atoms with Crippen LogP contribution in [-0.2, 0) is 9.53 Å². The normalized spacial score (nSPS) is 20.0. The SMILES string of the molecule is CCCCOC1=C(N(C)C(=O)O)N(CC(C)C)C=C2CC(=O)C(O)C=C21. The molecule has 1 unspecified atom stereocenters. The number of carbonyl (C=O) groups excluding carboxylic acids is 1. The number of rotatable bonds is 7. The summed E-state index contributed by atoms with van der Waals surface area (Å²) in [7, 11) is 1.47. The van der Waals surface area contributed by atoms with Crippen molar-refractivity contribution < 1.29 is 24.5 Å². The van der Waals surface area contributed by atoms with Gasteiger partial charge in [0, 0.05) is 31.8 Å². The van der Waals surface area contributed by atoms with E-state index in [1.165, 1.54) is 13.1 Å². The molecule has 0 fully saturated rings. The smallest absolute Gasteiger partial charge is 0.412 e. The summed E-state index contributed by atoms with van der Waals surface area (Å²) in [5.74, 6) is 0.829. The van der Waals surface area contributed by atoms with Gasteiger partial charge < -0.3 is 19.8 Å². The summed E-state index contributed by atoms with van der Waals surface area (Å²) >= 11 is 0. The zero-order valence-corrected chi connectivity index (χ0v) is 15.9. The number of carbonyl (C=O) groups is 2. The monoisotopic (exact) mass is 364 g/mol. The lowest BCUT2D eigenvalue weighted by atomic mass is 9.88. The van der Waals surface area contributed by atoms with E-state index in [-0.39, 0.29) is 18.1 Å². The molecule has 144 valence electrons. The second kappa shape index (κ2) is 8.40. The molecule has 2 N–H and O–H groups in total. The van der Waals surface area contributed by atoms with Crippen molar-refractivity contribution in [1.29, 1.82) is 0 Å². The van der Waals surface area contributed by atoms with Gasteiger partial charge in [-0.3, -0.25) is 9.69 Å². The number of hydrogen-bond donors (Lipinski definition) is 2. The van der Waals surface area contributed by atoms with E-state index in [4.69, 9.17) is 4.74 Å². The minimum atomic E-state index is -1.19. The summed E-state index contributed by atoms with van der Waals surface area (Å²) in [4.78, 5) is 26.6. The van der Waals surface area contributed by atoms with E-state index >= 15 is 0 Å². The van der Waals surface area contributed by atoms with Gasteiger partial charge in [-0.1, -0.05) is 27.2 Å². The first-order chi connectivity index (χ1) is 12.3. The Morgan fingerprint density at radius 1 is 1.46 bits per heavy atom. The average molecular weight is 364 g/mol. The Hall–Kier alpha value is -2.28. The Morgan fingerprint density at radius 3 is 2.73 bits per heavy atom. The number of carboxylic acid groups (broad SMARTS) is 1. The molecule has 0 aromatic heterocycles. The Balaban J connectivity index is 2.56. The van der Waals surface area contributed by atoms with Crippen molar-refractivity contribution in [3.63, 3.8) is 0 Å². The maximum absolute atomic E-state index is 12.0. The van der Waals surface area contributed by atoms with Crippen LogP contribution in [-0.4, -0.2) is 58.2 Å². The molecule has 0 bridgehead atoms. The van der Waals surface area contributed by atoms with Crippen molar-refractivity contribution >= 4 is 11.9 Å². The number of fused-ring (bicyclic) bond motifs is 1. The predicted molar refractivity (Wildman–Crippen MR) is 97.0 cm³/mol. The summed E-state index contributed by atoms with van der Waals surface area (Å²) in [6, 6.07) is 0. The number of unbranched alkanes of at least 4 members (excludes halogenated alkanes) is 1. The predicted octanol–water partition coefficient (Wildman–Crippen LogP) is 2.70. The van der Waals surface area contributed by atoms with E-state index in [2.05, 4.69) is 0 Å². The first-order valence-electron chi connectivity index (χ1n) is 9.00. The van der Waals surface area contributed by atoms with Gasteiger partial charge in [-0.15, -0.1) is 0 Å². The molecule has 2 rings (SSSR count). The van der Waals surface area contributed by atoms with Gasteiger partial charge in [0.2, 0.25) is 0 Å². The largest absolute Gasteiger partial charge is 0.489 e. The van der Waals surface area contributed by atoms with Crippen molar-refractivity contribution in [2.45, 2.75) is 46.1 Å². The van der Waals surface area contributed by atoms with E-state index in [0.717, 1.165) is 23.3 Å².